The molecule has 0 aliphatic carbocycles. The Morgan fingerprint density at radius 2 is 1.93 bits per heavy atom. The number of alkyl halides is 2. The van der Waals surface area contributed by atoms with E-state index in [2.05, 4.69) is 0 Å². The fourth-order valence-corrected chi connectivity index (χ4v) is 2.63. The zero-order chi connectivity index (χ0) is 19.9. The molecular weight excluding hydrogens is 368 g/mol. The molecule has 27 heavy (non-hydrogen) atoms. The third-order valence-corrected chi connectivity index (χ3v) is 3.76. The van der Waals surface area contributed by atoms with Gasteiger partial charge in [0, 0.05) is 6.07 Å². The van der Waals surface area contributed by atoms with Gasteiger partial charge in [-0.25, -0.2) is 13.6 Å². The van der Waals surface area contributed by atoms with Crippen molar-refractivity contribution in [3.63, 3.8) is 0 Å². The summed E-state index contributed by atoms with van der Waals surface area (Å²) in [5.74, 6) is -3.70. The Morgan fingerprint density at radius 1 is 1.22 bits per heavy atom. The number of benzene rings is 1. The molecule has 0 radical (unpaired) electrons. The summed E-state index contributed by atoms with van der Waals surface area (Å²) in [6.45, 7) is -1.02. The number of carboxylic acids is 1. The number of pyridine rings is 1. The number of hydrogen-bond donors (Lipinski definition) is 3. The Bertz CT molecular complexity index is 1050. The number of carbonyl (C=O) groups excluding carboxylic acids is 2. The minimum absolute atomic E-state index is 0.233. The number of anilines is 1. The second kappa shape index (κ2) is 6.52. The molecule has 0 atom stereocenters. The first-order chi connectivity index (χ1) is 12.7. The Labute approximate surface area is 149 Å². The monoisotopic (exact) mass is 379 g/mol. The van der Waals surface area contributed by atoms with Crippen LogP contribution in [0.3, 0.4) is 0 Å². The second-order valence-corrected chi connectivity index (χ2v) is 5.46. The van der Waals surface area contributed by atoms with Crippen molar-refractivity contribution in [1.82, 2.24) is 9.88 Å². The Kier molecular flexibility index (Phi) is 4.35. The van der Waals surface area contributed by atoms with Crippen LogP contribution in [0, 0.1) is 0 Å². The van der Waals surface area contributed by atoms with Crippen molar-refractivity contribution in [2.24, 2.45) is 0 Å². The summed E-state index contributed by atoms with van der Waals surface area (Å²) in [5.41, 5.74) is 3.95. The SMILES string of the molecule is Nc1c2c(cc(=O)n1-c1cc(C(=O)O)ccc1OCC(F)F)C(=O)NC2=O. The van der Waals surface area contributed by atoms with Gasteiger partial charge in [-0.15, -0.1) is 0 Å². The van der Waals surface area contributed by atoms with Crippen molar-refractivity contribution < 1.29 is 33.0 Å². The molecule has 11 heteroatoms. The highest BCUT2D eigenvalue weighted by Crippen LogP contribution is 2.29. The van der Waals surface area contributed by atoms with Crippen molar-refractivity contribution in [1.29, 1.82) is 0 Å². The topological polar surface area (TPSA) is 141 Å². The lowest BCUT2D eigenvalue weighted by Gasteiger charge is -2.16. The highest BCUT2D eigenvalue weighted by atomic mass is 19.3. The lowest BCUT2D eigenvalue weighted by atomic mass is 10.1. The van der Waals surface area contributed by atoms with E-state index in [1.54, 1.807) is 0 Å². The molecule has 0 unspecified atom stereocenters. The quantitative estimate of drug-likeness (QED) is 0.648. The normalized spacial score (nSPS) is 12.9. The van der Waals surface area contributed by atoms with Gasteiger partial charge < -0.3 is 15.6 Å². The van der Waals surface area contributed by atoms with Gasteiger partial charge in [-0.3, -0.25) is 24.3 Å². The number of ether oxygens (including phenoxy) is 1. The Morgan fingerprint density at radius 3 is 2.56 bits per heavy atom. The summed E-state index contributed by atoms with van der Waals surface area (Å²) < 4.78 is 30.7. The number of nitrogens with two attached hydrogens (primary N) is 1. The molecule has 140 valence electrons. The number of amides is 2. The fraction of sp³-hybridized carbons (Fsp3) is 0.125. The lowest BCUT2D eigenvalue weighted by Crippen LogP contribution is -2.25. The molecule has 2 aromatic rings. The average molecular weight is 379 g/mol. The van der Waals surface area contributed by atoms with Gasteiger partial charge in [0.15, 0.2) is 0 Å². The fourth-order valence-electron chi connectivity index (χ4n) is 2.63. The summed E-state index contributed by atoms with van der Waals surface area (Å²) in [7, 11) is 0. The highest BCUT2D eigenvalue weighted by molar-refractivity contribution is 6.23. The van der Waals surface area contributed by atoms with E-state index >= 15 is 0 Å². The minimum atomic E-state index is -2.82. The van der Waals surface area contributed by atoms with E-state index in [-0.39, 0.29) is 28.1 Å². The van der Waals surface area contributed by atoms with Gasteiger partial charge in [0.25, 0.3) is 23.8 Å². The predicted octanol–water partition coefficient (Wildman–Crippen LogP) is 0.645. The number of hydrogen-bond acceptors (Lipinski definition) is 6. The van der Waals surface area contributed by atoms with E-state index < -0.39 is 42.2 Å². The maximum Gasteiger partial charge on any atom is 0.335 e. The molecule has 2 amide bonds. The summed E-state index contributed by atoms with van der Waals surface area (Å²) in [6.07, 6.45) is -2.82. The van der Waals surface area contributed by atoms with E-state index in [0.717, 1.165) is 28.8 Å². The molecule has 1 aromatic heterocycles. The molecule has 0 saturated carbocycles. The molecule has 4 N–H and O–H groups in total. The van der Waals surface area contributed by atoms with Crippen LogP contribution >= 0.6 is 0 Å². The number of halogens is 2. The van der Waals surface area contributed by atoms with Crippen LogP contribution in [0.15, 0.2) is 29.1 Å². The average Bonchev–Trinajstić information content (AvgIpc) is 2.87. The van der Waals surface area contributed by atoms with Crippen LogP contribution in [-0.4, -0.2) is 40.5 Å². The van der Waals surface area contributed by atoms with Crippen molar-refractivity contribution >= 4 is 23.6 Å². The highest BCUT2D eigenvalue weighted by Gasteiger charge is 2.32. The predicted molar refractivity (Wildman–Crippen MR) is 86.7 cm³/mol. The number of nitrogen functional groups attached to an aromatic ring is 1. The van der Waals surface area contributed by atoms with Gasteiger partial charge in [-0.2, -0.15) is 0 Å². The number of nitrogens with zero attached hydrogens (tertiary/aromatic N) is 1. The first kappa shape index (κ1) is 18.0. The first-order valence-corrected chi connectivity index (χ1v) is 7.40. The van der Waals surface area contributed by atoms with Gasteiger partial charge >= 0.3 is 5.97 Å². The molecule has 1 aromatic carbocycles. The van der Waals surface area contributed by atoms with Crippen LogP contribution < -0.4 is 21.3 Å². The molecule has 0 saturated heterocycles. The zero-order valence-corrected chi connectivity index (χ0v) is 13.4. The minimum Gasteiger partial charge on any atom is -0.485 e. The standard InChI is InChI=1S/C16H11F2N3O6/c17-10(18)5-27-9-2-1-6(16(25)26)3-8(9)21-11(22)4-7-12(13(21)19)15(24)20-14(7)23/h1-4,10H,5,19H2,(H,25,26)(H,20,23,24). The molecule has 2 heterocycles. The maximum absolute atomic E-state index is 12.5. The van der Waals surface area contributed by atoms with Crippen molar-refractivity contribution in [3.05, 3.63) is 51.3 Å². The summed E-state index contributed by atoms with van der Waals surface area (Å²) in [5, 5.41) is 11.1. The number of fused-ring (bicyclic) bond motifs is 1. The molecule has 3 rings (SSSR count). The van der Waals surface area contributed by atoms with E-state index in [9.17, 15) is 28.0 Å². The van der Waals surface area contributed by atoms with Crippen LogP contribution in [0.1, 0.15) is 31.1 Å². The third-order valence-electron chi connectivity index (χ3n) is 3.76. The first-order valence-electron chi connectivity index (χ1n) is 7.40. The smallest absolute Gasteiger partial charge is 0.335 e. The van der Waals surface area contributed by atoms with Crippen molar-refractivity contribution in [2.45, 2.75) is 6.43 Å². The lowest BCUT2D eigenvalue weighted by molar-refractivity contribution is 0.0694. The van der Waals surface area contributed by atoms with E-state index in [4.69, 9.17) is 15.6 Å². The van der Waals surface area contributed by atoms with E-state index in [1.165, 1.54) is 0 Å². The van der Waals surface area contributed by atoms with E-state index in [0.29, 0.717) is 0 Å². The maximum atomic E-state index is 12.5. The second-order valence-electron chi connectivity index (χ2n) is 5.46. The van der Waals surface area contributed by atoms with Crippen molar-refractivity contribution in [2.75, 3.05) is 12.3 Å². The molecule has 1 aliphatic rings. The summed E-state index contributed by atoms with van der Waals surface area (Å²) >= 11 is 0. The molecule has 9 nitrogen and oxygen atoms in total. The molecular formula is C16H11F2N3O6. The van der Waals surface area contributed by atoms with Gasteiger partial charge in [-0.05, 0) is 18.2 Å². The van der Waals surface area contributed by atoms with Gasteiger partial charge in [0.2, 0.25) is 0 Å². The van der Waals surface area contributed by atoms with Crippen LogP contribution in [0.4, 0.5) is 14.6 Å². The molecule has 0 bridgehead atoms. The number of carbonyl (C=O) groups is 3. The summed E-state index contributed by atoms with van der Waals surface area (Å²) in [4.78, 5) is 47.3. The van der Waals surface area contributed by atoms with Crippen LogP contribution in [0.5, 0.6) is 5.75 Å². The molecule has 0 spiro atoms. The Balaban J connectivity index is 2.27. The van der Waals surface area contributed by atoms with Gasteiger partial charge in [-0.1, -0.05) is 0 Å². The van der Waals surface area contributed by atoms with Crippen LogP contribution in [0.2, 0.25) is 0 Å². The van der Waals surface area contributed by atoms with E-state index in [1.807, 2.05) is 5.32 Å². The number of carboxylic acid groups (broad SMARTS) is 1. The van der Waals surface area contributed by atoms with Crippen LogP contribution in [0.25, 0.3) is 5.69 Å². The number of aromatic carboxylic acids is 1. The number of rotatable bonds is 5. The summed E-state index contributed by atoms with van der Waals surface area (Å²) in [6, 6.07) is 4.02. The van der Waals surface area contributed by atoms with Gasteiger partial charge in [0.1, 0.15) is 18.2 Å². The number of aromatic nitrogens is 1. The largest absolute Gasteiger partial charge is 0.485 e. The number of imide groups is 1. The molecule has 0 fully saturated rings. The number of nitrogens with one attached hydrogen (secondary N) is 1. The van der Waals surface area contributed by atoms with Gasteiger partial charge in [0.05, 0.1) is 22.4 Å². The molecule has 1 aliphatic heterocycles. The van der Waals surface area contributed by atoms with Crippen LogP contribution in [-0.2, 0) is 0 Å². The third kappa shape index (κ3) is 3.10. The van der Waals surface area contributed by atoms with Crippen molar-refractivity contribution in [3.8, 4) is 11.4 Å². The zero-order valence-electron chi connectivity index (χ0n) is 13.4. The Hall–Kier alpha value is -3.76.